The van der Waals surface area contributed by atoms with E-state index in [0.29, 0.717) is 23.8 Å². The third kappa shape index (κ3) is 5.18. The van der Waals surface area contributed by atoms with Crippen molar-refractivity contribution in [3.05, 3.63) is 71.9 Å². The molecule has 3 aromatic rings. The average Bonchev–Trinajstić information content (AvgIpc) is 3.33. The van der Waals surface area contributed by atoms with E-state index in [0.717, 1.165) is 64.3 Å². The lowest BCUT2D eigenvalue weighted by molar-refractivity contribution is 0.0322. The van der Waals surface area contributed by atoms with Crippen LogP contribution in [0.1, 0.15) is 22.3 Å². The highest BCUT2D eigenvalue weighted by Gasteiger charge is 2.29. The van der Waals surface area contributed by atoms with Gasteiger partial charge in [-0.15, -0.1) is 0 Å². The van der Waals surface area contributed by atoms with Crippen LogP contribution in [0.4, 0.5) is 0 Å². The first-order valence-electron chi connectivity index (χ1n) is 11.9. The van der Waals surface area contributed by atoms with E-state index >= 15 is 0 Å². The number of fused-ring (bicyclic) bond motifs is 1. The molecule has 1 unspecified atom stereocenters. The van der Waals surface area contributed by atoms with Gasteiger partial charge in [0.15, 0.2) is 0 Å². The molecule has 6 nitrogen and oxygen atoms in total. The Morgan fingerprint density at radius 2 is 1.91 bits per heavy atom. The zero-order chi connectivity index (χ0) is 22.5. The number of likely N-dealkylation sites (tertiary alicyclic amines) is 1. The minimum Gasteiger partial charge on any atom is -0.491 e. The summed E-state index contributed by atoms with van der Waals surface area (Å²) in [6.45, 7) is 6.41. The number of rotatable bonds is 7. The topological polar surface area (TPSA) is 54.9 Å². The van der Waals surface area contributed by atoms with Crippen molar-refractivity contribution in [2.45, 2.75) is 12.8 Å². The number of carbonyl (C=O) groups excluding carboxylic acids is 1. The summed E-state index contributed by atoms with van der Waals surface area (Å²) in [6.07, 6.45) is 3.81. The number of para-hydroxylation sites is 1. The Bertz CT molecular complexity index is 1090. The number of benzene rings is 2. The number of hydrogen-bond acceptors (Lipinski definition) is 5. The van der Waals surface area contributed by atoms with Gasteiger partial charge in [-0.25, -0.2) is 0 Å². The van der Waals surface area contributed by atoms with Gasteiger partial charge in [0.2, 0.25) is 0 Å². The molecule has 0 spiro atoms. The molecular formula is C27H31N3O3. The number of hydrogen-bond donors (Lipinski definition) is 0. The Balaban J connectivity index is 1.20. The molecule has 0 bridgehead atoms. The molecule has 1 amide bonds. The minimum atomic E-state index is 0.0686. The van der Waals surface area contributed by atoms with Crippen molar-refractivity contribution in [2.75, 3.05) is 52.5 Å². The van der Waals surface area contributed by atoms with E-state index in [-0.39, 0.29) is 5.91 Å². The lowest BCUT2D eigenvalue weighted by Gasteiger charge is -2.26. The molecule has 172 valence electrons. The summed E-state index contributed by atoms with van der Waals surface area (Å²) in [5.41, 5.74) is 3.00. The zero-order valence-electron chi connectivity index (χ0n) is 19.0. The van der Waals surface area contributed by atoms with Gasteiger partial charge < -0.3 is 14.4 Å². The molecule has 1 atom stereocenters. The van der Waals surface area contributed by atoms with E-state index in [4.69, 9.17) is 9.47 Å². The Hall–Kier alpha value is -2.96. The fraction of sp³-hybridized carbons (Fsp3) is 0.407. The van der Waals surface area contributed by atoms with Gasteiger partial charge in [-0.3, -0.25) is 14.7 Å². The summed E-state index contributed by atoms with van der Waals surface area (Å²) in [7, 11) is 0. The van der Waals surface area contributed by atoms with Crippen LogP contribution < -0.4 is 4.74 Å². The normalized spacial score (nSPS) is 19.2. The van der Waals surface area contributed by atoms with Gasteiger partial charge in [0.05, 0.1) is 24.3 Å². The fourth-order valence-electron chi connectivity index (χ4n) is 4.89. The lowest BCUT2D eigenvalue weighted by Crippen LogP contribution is -2.38. The Morgan fingerprint density at radius 1 is 1.03 bits per heavy atom. The number of ether oxygens (including phenoxy) is 2. The van der Waals surface area contributed by atoms with Crippen molar-refractivity contribution in [3.8, 4) is 5.75 Å². The van der Waals surface area contributed by atoms with Crippen LogP contribution in [0.5, 0.6) is 5.75 Å². The second-order valence-electron chi connectivity index (χ2n) is 8.90. The molecule has 5 rings (SSSR count). The number of morpholine rings is 1. The van der Waals surface area contributed by atoms with Crippen LogP contribution in [0.3, 0.4) is 0 Å². The zero-order valence-corrected chi connectivity index (χ0v) is 19.0. The molecule has 6 heteroatoms. The minimum absolute atomic E-state index is 0.0686. The second-order valence-corrected chi connectivity index (χ2v) is 8.90. The maximum atomic E-state index is 13.4. The van der Waals surface area contributed by atoms with E-state index in [1.807, 2.05) is 41.4 Å². The maximum absolute atomic E-state index is 13.4. The third-order valence-corrected chi connectivity index (χ3v) is 6.70. The molecule has 0 N–H and O–H groups in total. The van der Waals surface area contributed by atoms with Crippen LogP contribution >= 0.6 is 0 Å². The van der Waals surface area contributed by atoms with E-state index < -0.39 is 0 Å². The van der Waals surface area contributed by atoms with Crippen molar-refractivity contribution in [1.82, 2.24) is 14.8 Å². The molecule has 1 aromatic heterocycles. The monoisotopic (exact) mass is 445 g/mol. The van der Waals surface area contributed by atoms with Gasteiger partial charge in [-0.2, -0.15) is 0 Å². The van der Waals surface area contributed by atoms with Crippen LogP contribution in [0.25, 0.3) is 10.9 Å². The highest BCUT2D eigenvalue weighted by Crippen LogP contribution is 2.28. The number of nitrogens with zero attached hydrogens (tertiary/aromatic N) is 3. The van der Waals surface area contributed by atoms with Crippen LogP contribution in [0.2, 0.25) is 0 Å². The van der Waals surface area contributed by atoms with E-state index in [2.05, 4.69) is 34.1 Å². The maximum Gasteiger partial charge on any atom is 0.257 e. The number of amides is 1. The van der Waals surface area contributed by atoms with Gasteiger partial charge in [0.1, 0.15) is 12.4 Å². The first-order chi connectivity index (χ1) is 16.3. The molecule has 33 heavy (non-hydrogen) atoms. The van der Waals surface area contributed by atoms with E-state index in [1.165, 1.54) is 10.9 Å². The van der Waals surface area contributed by atoms with Gasteiger partial charge in [0, 0.05) is 44.3 Å². The molecule has 2 fully saturated rings. The second kappa shape index (κ2) is 10.3. The van der Waals surface area contributed by atoms with Crippen molar-refractivity contribution < 1.29 is 14.3 Å². The van der Waals surface area contributed by atoms with Crippen LogP contribution in [0, 0.1) is 5.92 Å². The SMILES string of the molecule is O=C(c1ccccc1OCCN1CCOCC1)N1CCC(Cc2cccc3ncccc23)C1. The molecule has 2 aliphatic heterocycles. The number of aromatic nitrogens is 1. The predicted octanol–water partition coefficient (Wildman–Crippen LogP) is 3.65. The molecule has 0 radical (unpaired) electrons. The number of carbonyl (C=O) groups is 1. The number of pyridine rings is 1. The highest BCUT2D eigenvalue weighted by atomic mass is 16.5. The molecule has 2 saturated heterocycles. The van der Waals surface area contributed by atoms with Crippen molar-refractivity contribution in [2.24, 2.45) is 5.92 Å². The Kier molecular flexibility index (Phi) is 6.84. The fourth-order valence-corrected chi connectivity index (χ4v) is 4.89. The Morgan fingerprint density at radius 3 is 2.82 bits per heavy atom. The molecule has 2 aliphatic rings. The van der Waals surface area contributed by atoms with Crippen molar-refractivity contribution in [1.29, 1.82) is 0 Å². The lowest BCUT2D eigenvalue weighted by atomic mass is 9.96. The summed E-state index contributed by atoms with van der Waals surface area (Å²) in [6, 6.07) is 18.1. The molecule has 0 aliphatic carbocycles. The van der Waals surface area contributed by atoms with Crippen LogP contribution in [-0.4, -0.2) is 73.2 Å². The quantitative estimate of drug-likeness (QED) is 0.556. The van der Waals surface area contributed by atoms with Crippen molar-refractivity contribution >= 4 is 16.8 Å². The molecular weight excluding hydrogens is 414 g/mol. The predicted molar refractivity (Wildman–Crippen MR) is 129 cm³/mol. The van der Waals surface area contributed by atoms with Gasteiger partial charge in [0.25, 0.3) is 5.91 Å². The molecule has 2 aromatic carbocycles. The van der Waals surface area contributed by atoms with Gasteiger partial charge in [-0.1, -0.05) is 30.3 Å². The summed E-state index contributed by atoms with van der Waals surface area (Å²) in [5, 5.41) is 1.21. The average molecular weight is 446 g/mol. The summed E-state index contributed by atoms with van der Waals surface area (Å²) >= 11 is 0. The first kappa shape index (κ1) is 21.9. The largest absolute Gasteiger partial charge is 0.491 e. The van der Waals surface area contributed by atoms with E-state index in [9.17, 15) is 4.79 Å². The molecule has 0 saturated carbocycles. The van der Waals surface area contributed by atoms with Crippen LogP contribution in [-0.2, 0) is 11.2 Å². The summed E-state index contributed by atoms with van der Waals surface area (Å²) < 4.78 is 11.5. The van der Waals surface area contributed by atoms with Crippen LogP contribution in [0.15, 0.2) is 60.8 Å². The van der Waals surface area contributed by atoms with Crippen molar-refractivity contribution in [3.63, 3.8) is 0 Å². The summed E-state index contributed by atoms with van der Waals surface area (Å²) in [5.74, 6) is 1.20. The standard InChI is InChI=1S/C27H31N3O3/c31-27(24-6-1-2-9-26(24)33-18-15-29-13-16-32-17-14-29)30-12-10-21(20-30)19-22-5-3-8-25-23(22)7-4-11-28-25/h1-9,11,21H,10,12-20H2. The third-order valence-electron chi connectivity index (χ3n) is 6.70. The summed E-state index contributed by atoms with van der Waals surface area (Å²) in [4.78, 5) is 22.1. The Labute approximate surface area is 195 Å². The van der Waals surface area contributed by atoms with Gasteiger partial charge in [-0.05, 0) is 48.6 Å². The van der Waals surface area contributed by atoms with E-state index in [1.54, 1.807) is 0 Å². The smallest absolute Gasteiger partial charge is 0.257 e. The molecule has 3 heterocycles. The van der Waals surface area contributed by atoms with Gasteiger partial charge >= 0.3 is 0 Å². The first-order valence-corrected chi connectivity index (χ1v) is 11.9. The highest BCUT2D eigenvalue weighted by molar-refractivity contribution is 5.97.